The van der Waals surface area contributed by atoms with E-state index in [2.05, 4.69) is 38.8 Å². The van der Waals surface area contributed by atoms with Gasteiger partial charge in [0.2, 0.25) is 0 Å². The van der Waals surface area contributed by atoms with Crippen molar-refractivity contribution in [3.8, 4) is 11.3 Å². The lowest BCUT2D eigenvalue weighted by atomic mass is 10.00. The topological polar surface area (TPSA) is 95.4 Å². The Labute approximate surface area is 231 Å². The molecule has 1 aromatic carbocycles. The molecule has 8 nitrogen and oxygen atoms in total. The summed E-state index contributed by atoms with van der Waals surface area (Å²) in [7, 11) is 0.840. The summed E-state index contributed by atoms with van der Waals surface area (Å²) in [6.07, 6.45) is 1.26. The number of aromatic nitrogens is 3. The number of nitrogens with zero attached hydrogens (tertiary/aromatic N) is 2. The summed E-state index contributed by atoms with van der Waals surface area (Å²) >= 11 is 6.82. The van der Waals surface area contributed by atoms with Crippen LogP contribution in [0, 0.1) is 13.8 Å². The highest BCUT2D eigenvalue weighted by Gasteiger charge is 2.36. The molecule has 3 aromatic rings. The molecule has 0 saturated heterocycles. The molecule has 10 heteroatoms. The molecule has 0 amide bonds. The molecule has 208 valence electrons. The van der Waals surface area contributed by atoms with E-state index in [9.17, 15) is 9.59 Å². The number of carbonyl (C=O) groups is 2. The van der Waals surface area contributed by atoms with Gasteiger partial charge in [0.15, 0.2) is 8.32 Å². The molecule has 1 N–H and O–H groups in total. The van der Waals surface area contributed by atoms with Gasteiger partial charge in [0.25, 0.3) is 0 Å². The fourth-order valence-corrected chi connectivity index (χ4v) is 5.63. The lowest BCUT2D eigenvalue weighted by Gasteiger charge is -2.36. The van der Waals surface area contributed by atoms with E-state index in [4.69, 9.17) is 30.6 Å². The molecular weight excluding hydrogens is 522 g/mol. The first-order valence-corrected chi connectivity index (χ1v) is 16.2. The van der Waals surface area contributed by atoms with Crippen LogP contribution in [0.15, 0.2) is 12.1 Å². The minimum absolute atomic E-state index is 0.135. The van der Waals surface area contributed by atoms with Crippen LogP contribution < -0.4 is 0 Å². The van der Waals surface area contributed by atoms with E-state index in [0.717, 1.165) is 34.3 Å². The molecule has 2 aromatic heterocycles. The second-order valence-corrected chi connectivity index (χ2v) is 16.4. The Morgan fingerprint density at radius 3 is 2.42 bits per heavy atom. The third-order valence-electron chi connectivity index (χ3n) is 7.67. The normalized spacial score (nSPS) is 12.3. The predicted molar refractivity (Wildman–Crippen MR) is 153 cm³/mol. The van der Waals surface area contributed by atoms with Gasteiger partial charge in [-0.15, -0.1) is 0 Å². The number of ether oxygens (including phenoxy) is 2. The van der Waals surface area contributed by atoms with Crippen molar-refractivity contribution in [3.63, 3.8) is 0 Å². The van der Waals surface area contributed by atoms with E-state index in [0.29, 0.717) is 41.4 Å². The van der Waals surface area contributed by atoms with Crippen molar-refractivity contribution in [2.75, 3.05) is 20.8 Å². The number of methoxy groups -OCH3 is 2. The number of carbonyl (C=O) groups excluding carboxylic acids is 2. The molecule has 38 heavy (non-hydrogen) atoms. The van der Waals surface area contributed by atoms with Crippen molar-refractivity contribution in [2.45, 2.75) is 78.6 Å². The molecule has 0 bridgehead atoms. The van der Waals surface area contributed by atoms with Crippen LogP contribution in [0.4, 0.5) is 0 Å². The van der Waals surface area contributed by atoms with E-state index in [1.807, 2.05) is 30.7 Å². The Balaban J connectivity index is 2.05. The third-order valence-corrected chi connectivity index (χ3v) is 12.5. The molecular formula is C28H40ClN3O5Si. The smallest absolute Gasteiger partial charge is 0.354 e. The van der Waals surface area contributed by atoms with Crippen molar-refractivity contribution in [1.82, 2.24) is 14.8 Å². The van der Waals surface area contributed by atoms with Gasteiger partial charge in [0, 0.05) is 30.5 Å². The minimum Gasteiger partial charge on any atom is -0.469 e. The number of nitrogens with one attached hydrogen (secondary N) is 1. The van der Waals surface area contributed by atoms with Crippen LogP contribution in [-0.4, -0.2) is 55.8 Å². The van der Waals surface area contributed by atoms with Gasteiger partial charge in [-0.05, 0) is 62.0 Å². The van der Waals surface area contributed by atoms with Crippen LogP contribution in [0.5, 0.6) is 0 Å². The maximum Gasteiger partial charge on any atom is 0.354 e. The zero-order valence-corrected chi connectivity index (χ0v) is 25.8. The zero-order valence-electron chi connectivity index (χ0n) is 24.0. The van der Waals surface area contributed by atoms with E-state index in [1.165, 1.54) is 14.2 Å². The van der Waals surface area contributed by atoms with Crippen LogP contribution in [0.1, 0.15) is 60.9 Å². The number of halogens is 1. The standard InChI is InChI=1S/C28H40ClN3O5Si/c1-17-18(2)31-32(15-10-16-37-38(8,9)28(3,4)5)26(17)23-21(29)13-11-19-20(12-14-22(33)35-6)25(27(34)36-7)30-24(19)23/h11,13,30H,10,12,14-16H2,1-9H3. The highest BCUT2D eigenvalue weighted by Crippen LogP contribution is 2.40. The summed E-state index contributed by atoms with van der Waals surface area (Å²) in [6, 6.07) is 3.69. The quantitative estimate of drug-likeness (QED) is 0.170. The molecule has 0 aliphatic carbocycles. The van der Waals surface area contributed by atoms with Gasteiger partial charge >= 0.3 is 11.9 Å². The predicted octanol–water partition coefficient (Wildman–Crippen LogP) is 6.61. The maximum atomic E-state index is 12.7. The van der Waals surface area contributed by atoms with Gasteiger partial charge in [-0.1, -0.05) is 38.4 Å². The van der Waals surface area contributed by atoms with Gasteiger partial charge in [0.05, 0.1) is 36.1 Å². The zero-order chi connectivity index (χ0) is 28.4. The lowest BCUT2D eigenvalue weighted by Crippen LogP contribution is -2.41. The molecule has 0 aliphatic heterocycles. The van der Waals surface area contributed by atoms with E-state index in [1.54, 1.807) is 0 Å². The summed E-state index contributed by atoms with van der Waals surface area (Å²) in [5, 5.41) is 6.31. The monoisotopic (exact) mass is 561 g/mol. The lowest BCUT2D eigenvalue weighted by molar-refractivity contribution is -0.140. The van der Waals surface area contributed by atoms with E-state index in [-0.39, 0.29) is 17.4 Å². The first kappa shape index (κ1) is 29.9. The third kappa shape index (κ3) is 6.00. The van der Waals surface area contributed by atoms with Gasteiger partial charge in [-0.3, -0.25) is 9.48 Å². The summed E-state index contributed by atoms with van der Waals surface area (Å²) in [5.41, 5.74) is 5.28. The van der Waals surface area contributed by atoms with Crippen LogP contribution >= 0.6 is 11.6 Å². The SMILES string of the molecule is COC(=O)CCc1c(C(=O)OC)[nH]c2c(-c3c(C)c(C)nn3CCCO[Si](C)(C)C(C)(C)C)c(Cl)ccc12. The summed E-state index contributed by atoms with van der Waals surface area (Å²) in [5.74, 6) is -0.860. The number of H-pyrrole nitrogens is 1. The molecule has 0 unspecified atom stereocenters. The second-order valence-electron chi connectivity index (χ2n) is 11.1. The van der Waals surface area contributed by atoms with Crippen molar-refractivity contribution in [2.24, 2.45) is 0 Å². The van der Waals surface area contributed by atoms with Gasteiger partial charge < -0.3 is 18.9 Å². The highest BCUT2D eigenvalue weighted by molar-refractivity contribution is 6.74. The Hall–Kier alpha value is -2.62. The second kappa shape index (κ2) is 11.6. The van der Waals surface area contributed by atoms with Gasteiger partial charge in [-0.2, -0.15) is 5.10 Å². The average Bonchev–Trinajstić information content (AvgIpc) is 3.36. The molecule has 2 heterocycles. The molecule has 0 radical (unpaired) electrons. The van der Waals surface area contributed by atoms with Crippen LogP contribution in [0.25, 0.3) is 22.2 Å². The van der Waals surface area contributed by atoms with Crippen LogP contribution in [0.2, 0.25) is 23.2 Å². The maximum absolute atomic E-state index is 12.7. The first-order chi connectivity index (χ1) is 17.7. The summed E-state index contributed by atoms with van der Waals surface area (Å²) in [6.45, 7) is 16.5. The highest BCUT2D eigenvalue weighted by atomic mass is 35.5. The largest absolute Gasteiger partial charge is 0.469 e. The Morgan fingerprint density at radius 2 is 1.82 bits per heavy atom. The first-order valence-electron chi connectivity index (χ1n) is 12.9. The molecule has 0 aliphatic rings. The van der Waals surface area contributed by atoms with Crippen molar-refractivity contribution in [1.29, 1.82) is 0 Å². The number of esters is 2. The van der Waals surface area contributed by atoms with E-state index < -0.39 is 14.3 Å². The van der Waals surface area contributed by atoms with E-state index >= 15 is 0 Å². The van der Waals surface area contributed by atoms with Gasteiger partial charge in [0.1, 0.15) is 5.69 Å². The molecule has 0 spiro atoms. The Kier molecular flexibility index (Phi) is 9.16. The number of rotatable bonds is 10. The van der Waals surface area contributed by atoms with Crippen molar-refractivity contribution < 1.29 is 23.5 Å². The molecule has 0 saturated carbocycles. The number of benzene rings is 1. The number of fused-ring (bicyclic) bond motifs is 1. The number of aromatic amines is 1. The summed E-state index contributed by atoms with van der Waals surface area (Å²) < 4.78 is 18.2. The van der Waals surface area contributed by atoms with Crippen LogP contribution in [0.3, 0.4) is 0 Å². The van der Waals surface area contributed by atoms with Crippen molar-refractivity contribution in [3.05, 3.63) is 39.7 Å². The molecule has 0 atom stereocenters. The summed E-state index contributed by atoms with van der Waals surface area (Å²) in [4.78, 5) is 27.8. The van der Waals surface area contributed by atoms with Crippen LogP contribution in [-0.2, 0) is 31.7 Å². The fraction of sp³-hybridized carbons (Fsp3) is 0.536. The number of hydrogen-bond donors (Lipinski definition) is 1. The fourth-order valence-electron chi connectivity index (χ4n) is 4.30. The number of aryl methyl sites for hydroxylation is 3. The minimum atomic E-state index is -1.84. The number of hydrogen-bond acceptors (Lipinski definition) is 6. The van der Waals surface area contributed by atoms with Gasteiger partial charge in [-0.25, -0.2) is 4.79 Å². The molecule has 3 rings (SSSR count). The Bertz CT molecular complexity index is 1340. The molecule has 0 fully saturated rings. The average molecular weight is 562 g/mol. The Morgan fingerprint density at radius 1 is 1.13 bits per heavy atom. The van der Waals surface area contributed by atoms with Crippen molar-refractivity contribution >= 4 is 42.8 Å².